The quantitative estimate of drug-likeness (QED) is 0.292. The molecule has 8 heteroatoms. The van der Waals surface area contributed by atoms with Crippen molar-refractivity contribution in [1.29, 1.82) is 0 Å². The van der Waals surface area contributed by atoms with Crippen molar-refractivity contribution in [3.8, 4) is 0 Å². The Balaban J connectivity index is 1.41. The third kappa shape index (κ3) is 4.62. The highest BCUT2D eigenvalue weighted by molar-refractivity contribution is 7.80. The van der Waals surface area contributed by atoms with Gasteiger partial charge < -0.3 is 15.2 Å². The van der Waals surface area contributed by atoms with E-state index in [1.165, 1.54) is 4.90 Å². The van der Waals surface area contributed by atoms with Crippen molar-refractivity contribution in [3.63, 3.8) is 0 Å². The van der Waals surface area contributed by atoms with Gasteiger partial charge >= 0.3 is 0 Å². The molecular weight excluding hydrogens is 476 g/mol. The van der Waals surface area contributed by atoms with Crippen LogP contribution in [-0.4, -0.2) is 21.5 Å². The normalized spacial score (nSPS) is 14.7. The lowest BCUT2D eigenvalue weighted by Crippen LogP contribution is -2.30. The smallest absolute Gasteiger partial charge is 0.281 e. The minimum atomic E-state index is -0.205. The maximum Gasteiger partial charge on any atom is 0.281 e. The summed E-state index contributed by atoms with van der Waals surface area (Å²) in [6.45, 7) is 4.74. The van der Waals surface area contributed by atoms with Gasteiger partial charge in [-0.1, -0.05) is 30.3 Å². The lowest BCUT2D eigenvalue weighted by Gasteiger charge is -2.15. The first kappa shape index (κ1) is 23.0. The average molecular weight is 501 g/mol. The van der Waals surface area contributed by atoms with E-state index in [4.69, 9.17) is 12.2 Å². The van der Waals surface area contributed by atoms with Gasteiger partial charge in [-0.2, -0.15) is 0 Å². The fourth-order valence-electron chi connectivity index (χ4n) is 4.12. The van der Waals surface area contributed by atoms with Crippen molar-refractivity contribution in [1.82, 2.24) is 15.2 Å². The number of fused-ring (bicyclic) bond motifs is 1. The summed E-state index contributed by atoms with van der Waals surface area (Å²) in [5.74, 6) is -0.278. The zero-order valence-corrected chi connectivity index (χ0v) is 21.0. The highest BCUT2D eigenvalue weighted by atomic mass is 32.1. The zero-order chi connectivity index (χ0) is 24.5. The van der Waals surface area contributed by atoms with Gasteiger partial charge in [0.25, 0.3) is 5.91 Å². The van der Waals surface area contributed by atoms with Crippen molar-refractivity contribution < 1.29 is 9.59 Å². The number of thiocarbonyl (C=S) groups is 1. The monoisotopic (exact) mass is 500 g/mol. The van der Waals surface area contributed by atoms with Gasteiger partial charge in [0.1, 0.15) is 12.2 Å². The summed E-state index contributed by atoms with van der Waals surface area (Å²) in [5.41, 5.74) is 5.15. The molecule has 4 aromatic rings. The minimum absolute atomic E-state index is 0.0736. The fraction of sp³-hybridized carbons (Fsp3) is 0.148. The molecule has 1 fully saturated rings. The molecule has 2 aromatic carbocycles. The zero-order valence-electron chi connectivity index (χ0n) is 19.4. The number of benzene rings is 2. The molecule has 2 N–H and O–H groups in total. The third-order valence-electron chi connectivity index (χ3n) is 6.10. The van der Waals surface area contributed by atoms with Crippen LogP contribution in [-0.2, 0) is 22.7 Å². The Bertz CT molecular complexity index is 1480. The molecular formula is C27H24N4O2S2. The third-order valence-corrected chi connectivity index (χ3v) is 7.26. The predicted molar refractivity (Wildman–Crippen MR) is 145 cm³/mol. The van der Waals surface area contributed by atoms with Gasteiger partial charge in [0, 0.05) is 27.5 Å². The molecule has 1 aliphatic rings. The van der Waals surface area contributed by atoms with E-state index < -0.39 is 0 Å². The van der Waals surface area contributed by atoms with Gasteiger partial charge in [0.05, 0.1) is 12.2 Å². The number of nitrogens with zero attached hydrogens (tertiary/aromatic N) is 2. The van der Waals surface area contributed by atoms with Gasteiger partial charge in [-0.3, -0.25) is 14.5 Å². The van der Waals surface area contributed by atoms with E-state index in [0.29, 0.717) is 17.4 Å². The second-order valence-electron chi connectivity index (χ2n) is 8.48. The topological polar surface area (TPSA) is 66.4 Å². The number of thiophene rings is 1. The maximum absolute atomic E-state index is 13.3. The Morgan fingerprint density at radius 3 is 2.71 bits per heavy atom. The molecule has 2 amide bonds. The number of aromatic nitrogens is 1. The molecule has 0 spiro atoms. The van der Waals surface area contributed by atoms with Gasteiger partial charge in [0.2, 0.25) is 5.91 Å². The highest BCUT2D eigenvalue weighted by Gasteiger charge is 2.32. The molecule has 1 aliphatic heterocycles. The van der Waals surface area contributed by atoms with Crippen molar-refractivity contribution in [2.45, 2.75) is 26.9 Å². The molecule has 3 heterocycles. The van der Waals surface area contributed by atoms with E-state index in [1.807, 2.05) is 84.6 Å². The van der Waals surface area contributed by atoms with Crippen LogP contribution in [0.3, 0.4) is 0 Å². The van der Waals surface area contributed by atoms with Crippen molar-refractivity contribution in [2.75, 3.05) is 4.90 Å². The summed E-state index contributed by atoms with van der Waals surface area (Å²) in [7, 11) is 0. The van der Waals surface area contributed by atoms with E-state index >= 15 is 0 Å². The molecule has 0 radical (unpaired) electrons. The number of rotatable bonds is 6. The van der Waals surface area contributed by atoms with Crippen LogP contribution in [0.25, 0.3) is 17.0 Å². The van der Waals surface area contributed by atoms with E-state index in [-0.39, 0.29) is 18.4 Å². The number of amides is 2. The lowest BCUT2D eigenvalue weighted by atomic mass is 10.1. The average Bonchev–Trinajstić information content (AvgIpc) is 3.54. The first-order valence-electron chi connectivity index (χ1n) is 11.2. The molecule has 0 aliphatic carbocycles. The number of aryl methyl sites for hydroxylation is 2. The summed E-state index contributed by atoms with van der Waals surface area (Å²) in [6.07, 6.45) is 3.71. The number of carbonyl (C=O) groups is 2. The Morgan fingerprint density at radius 2 is 1.94 bits per heavy atom. The van der Waals surface area contributed by atoms with E-state index in [2.05, 4.69) is 10.6 Å². The van der Waals surface area contributed by atoms with E-state index in [9.17, 15) is 9.59 Å². The summed E-state index contributed by atoms with van der Waals surface area (Å²) in [5, 5.41) is 9.33. The van der Waals surface area contributed by atoms with E-state index in [1.54, 1.807) is 17.4 Å². The first-order valence-corrected chi connectivity index (χ1v) is 12.5. The SMILES string of the molecule is Cc1ccc(N2C(=O)/C(=C/c3cn(CC(=O)NCc4cccs4)c4ccccc34)NC2=S)cc1C. The minimum Gasteiger partial charge on any atom is -0.350 e. The predicted octanol–water partition coefficient (Wildman–Crippen LogP) is 4.90. The molecule has 5 rings (SSSR count). The van der Waals surface area contributed by atoms with Crippen LogP contribution in [0, 0.1) is 13.8 Å². The van der Waals surface area contributed by atoms with Crippen LogP contribution in [0.5, 0.6) is 0 Å². The number of para-hydroxylation sites is 1. The number of anilines is 1. The summed E-state index contributed by atoms with van der Waals surface area (Å²) >= 11 is 7.10. The summed E-state index contributed by atoms with van der Waals surface area (Å²) < 4.78 is 1.91. The summed E-state index contributed by atoms with van der Waals surface area (Å²) in [6, 6.07) is 17.7. The molecule has 1 saturated heterocycles. The van der Waals surface area contributed by atoms with Crippen molar-refractivity contribution >= 4 is 63.1 Å². The number of nitrogens with one attached hydrogen (secondary N) is 2. The molecule has 0 atom stereocenters. The van der Waals surface area contributed by atoms with Gasteiger partial charge in [-0.15, -0.1) is 11.3 Å². The van der Waals surface area contributed by atoms with Gasteiger partial charge in [0.15, 0.2) is 5.11 Å². The maximum atomic E-state index is 13.3. The second-order valence-corrected chi connectivity index (χ2v) is 9.90. The van der Waals surface area contributed by atoms with Crippen LogP contribution < -0.4 is 15.5 Å². The molecule has 0 unspecified atom stereocenters. The molecule has 176 valence electrons. The Hall–Kier alpha value is -3.75. The standard InChI is InChI=1S/C27H24N4O2S2/c1-17-9-10-20(12-18(17)2)31-26(33)23(29-27(31)34)13-19-15-30(24-8-4-3-7-22(19)24)16-25(32)28-14-21-6-5-11-35-21/h3-13,15H,14,16H2,1-2H3,(H,28,32)(H,29,34)/b23-13-. The Kier molecular flexibility index (Phi) is 6.23. The molecule has 0 saturated carbocycles. The second kappa shape index (κ2) is 9.48. The highest BCUT2D eigenvalue weighted by Crippen LogP contribution is 2.27. The van der Waals surface area contributed by atoms with Crippen LogP contribution in [0.4, 0.5) is 5.69 Å². The fourth-order valence-corrected chi connectivity index (χ4v) is 5.06. The van der Waals surface area contributed by atoms with Gasteiger partial charge in [-0.25, -0.2) is 0 Å². The van der Waals surface area contributed by atoms with E-state index in [0.717, 1.165) is 38.2 Å². The number of hydrogen-bond acceptors (Lipinski definition) is 4. The van der Waals surface area contributed by atoms with Crippen LogP contribution >= 0.6 is 23.6 Å². The molecule has 0 bridgehead atoms. The van der Waals surface area contributed by atoms with Crippen LogP contribution in [0.2, 0.25) is 0 Å². The van der Waals surface area contributed by atoms with Gasteiger partial charge in [-0.05, 0) is 72.9 Å². The number of hydrogen-bond donors (Lipinski definition) is 2. The van der Waals surface area contributed by atoms with Crippen molar-refractivity contribution in [2.24, 2.45) is 0 Å². The summed E-state index contributed by atoms with van der Waals surface area (Å²) in [4.78, 5) is 28.5. The number of carbonyl (C=O) groups excluding carboxylic acids is 2. The Labute approximate surface area is 212 Å². The molecule has 6 nitrogen and oxygen atoms in total. The van der Waals surface area contributed by atoms with Crippen LogP contribution in [0.1, 0.15) is 21.6 Å². The molecule has 35 heavy (non-hydrogen) atoms. The van der Waals surface area contributed by atoms with Crippen LogP contribution in [0.15, 0.2) is 71.9 Å². The first-order chi connectivity index (χ1) is 16.9. The lowest BCUT2D eigenvalue weighted by molar-refractivity contribution is -0.121. The largest absolute Gasteiger partial charge is 0.350 e. The van der Waals surface area contributed by atoms with Crippen molar-refractivity contribution in [3.05, 3.63) is 93.4 Å². The Morgan fingerprint density at radius 1 is 1.11 bits per heavy atom. The molecule has 2 aromatic heterocycles.